The van der Waals surface area contributed by atoms with E-state index in [2.05, 4.69) is 16.1 Å². The summed E-state index contributed by atoms with van der Waals surface area (Å²) >= 11 is 0. The minimum atomic E-state index is -1.33. The van der Waals surface area contributed by atoms with Crippen LogP contribution in [0.3, 0.4) is 0 Å². The predicted octanol–water partition coefficient (Wildman–Crippen LogP) is 2.50. The van der Waals surface area contributed by atoms with E-state index >= 15 is 0 Å². The first-order valence-corrected chi connectivity index (χ1v) is 8.18. The van der Waals surface area contributed by atoms with Crippen LogP contribution < -0.4 is 21.8 Å². The van der Waals surface area contributed by atoms with Gasteiger partial charge in [-0.25, -0.2) is 13.2 Å². The van der Waals surface area contributed by atoms with Gasteiger partial charge in [0.2, 0.25) is 0 Å². The van der Waals surface area contributed by atoms with E-state index in [0.29, 0.717) is 18.7 Å². The standard InChI is InChI=1S/C18H21F3N4O2/c1-10-3-4-14(13(19)7-10)25-17-12(18(22)26)8-11(15(20)16(17)21)9-24-27-6-5-23-2/h3-4,7-8,23-25H,5-6,9H2,1-2H3,(H2,22,26). The van der Waals surface area contributed by atoms with E-state index in [0.717, 1.165) is 6.07 Å². The Kier molecular flexibility index (Phi) is 7.17. The van der Waals surface area contributed by atoms with Crippen molar-refractivity contribution in [2.75, 3.05) is 25.5 Å². The number of nitrogens with one attached hydrogen (secondary N) is 3. The van der Waals surface area contributed by atoms with Crippen molar-refractivity contribution in [2.45, 2.75) is 13.5 Å². The summed E-state index contributed by atoms with van der Waals surface area (Å²) < 4.78 is 43.0. The number of hydroxylamine groups is 1. The maximum absolute atomic E-state index is 14.6. The van der Waals surface area contributed by atoms with Crippen LogP contribution in [0.1, 0.15) is 21.5 Å². The van der Waals surface area contributed by atoms with Crippen LogP contribution in [0.5, 0.6) is 0 Å². The third-order valence-corrected chi connectivity index (χ3v) is 3.75. The molecule has 9 heteroatoms. The number of halogens is 3. The first kappa shape index (κ1) is 20.7. The summed E-state index contributed by atoms with van der Waals surface area (Å²) in [5.74, 6) is -4.19. The van der Waals surface area contributed by atoms with Crippen molar-refractivity contribution >= 4 is 17.3 Å². The quantitative estimate of drug-likeness (QED) is 0.395. The zero-order valence-corrected chi connectivity index (χ0v) is 15.0. The molecule has 2 aromatic carbocycles. The number of nitrogens with two attached hydrogens (primary N) is 1. The summed E-state index contributed by atoms with van der Waals surface area (Å²) in [6.07, 6.45) is 0. The molecule has 5 N–H and O–H groups in total. The number of hydrogen-bond donors (Lipinski definition) is 4. The third-order valence-electron chi connectivity index (χ3n) is 3.75. The van der Waals surface area contributed by atoms with Crippen LogP contribution in [0.15, 0.2) is 24.3 Å². The van der Waals surface area contributed by atoms with Crippen LogP contribution in [0.25, 0.3) is 0 Å². The molecule has 0 heterocycles. The molecule has 0 unspecified atom stereocenters. The maximum Gasteiger partial charge on any atom is 0.250 e. The fraction of sp³-hybridized carbons (Fsp3) is 0.278. The van der Waals surface area contributed by atoms with E-state index < -0.39 is 29.0 Å². The summed E-state index contributed by atoms with van der Waals surface area (Å²) in [6.45, 7) is 2.35. The molecule has 0 saturated carbocycles. The molecule has 0 aliphatic carbocycles. The average molecular weight is 382 g/mol. The number of benzene rings is 2. The molecule has 0 spiro atoms. The topological polar surface area (TPSA) is 88.4 Å². The molecular weight excluding hydrogens is 361 g/mol. The van der Waals surface area contributed by atoms with E-state index in [1.807, 2.05) is 0 Å². The van der Waals surface area contributed by atoms with Crippen molar-refractivity contribution in [3.8, 4) is 0 Å². The van der Waals surface area contributed by atoms with Gasteiger partial charge in [0.05, 0.1) is 23.5 Å². The molecule has 2 rings (SSSR count). The smallest absolute Gasteiger partial charge is 0.250 e. The van der Waals surface area contributed by atoms with Crippen molar-refractivity contribution in [1.82, 2.24) is 10.8 Å². The fourth-order valence-electron chi connectivity index (χ4n) is 2.33. The normalized spacial score (nSPS) is 10.9. The van der Waals surface area contributed by atoms with E-state index in [9.17, 15) is 18.0 Å². The minimum absolute atomic E-state index is 0.109. The van der Waals surface area contributed by atoms with Crippen molar-refractivity contribution in [3.05, 3.63) is 58.4 Å². The Hall–Kier alpha value is -2.62. The van der Waals surface area contributed by atoms with E-state index in [4.69, 9.17) is 10.6 Å². The SMILES string of the molecule is CNCCONCc1cc(C(N)=O)c(Nc2ccc(C)cc2F)c(F)c1F. The van der Waals surface area contributed by atoms with Crippen LogP contribution in [0, 0.1) is 24.4 Å². The highest BCUT2D eigenvalue weighted by molar-refractivity contribution is 5.99. The second-order valence-corrected chi connectivity index (χ2v) is 5.83. The van der Waals surface area contributed by atoms with Gasteiger partial charge >= 0.3 is 0 Å². The van der Waals surface area contributed by atoms with Gasteiger partial charge in [-0.05, 0) is 37.7 Å². The summed E-state index contributed by atoms with van der Waals surface area (Å²) in [6, 6.07) is 5.27. The first-order valence-electron chi connectivity index (χ1n) is 8.18. The highest BCUT2D eigenvalue weighted by Crippen LogP contribution is 2.30. The Morgan fingerprint density at radius 3 is 2.56 bits per heavy atom. The van der Waals surface area contributed by atoms with Crippen molar-refractivity contribution in [2.24, 2.45) is 5.73 Å². The number of likely N-dealkylation sites (N-methyl/N-ethyl adjacent to an activating group) is 1. The number of carbonyl (C=O) groups is 1. The van der Waals surface area contributed by atoms with Crippen LogP contribution in [-0.2, 0) is 11.4 Å². The van der Waals surface area contributed by atoms with Crippen LogP contribution in [0.4, 0.5) is 24.5 Å². The van der Waals surface area contributed by atoms with Gasteiger partial charge in [0.25, 0.3) is 5.91 Å². The van der Waals surface area contributed by atoms with Crippen molar-refractivity contribution < 1.29 is 22.8 Å². The number of aryl methyl sites for hydroxylation is 1. The summed E-state index contributed by atoms with van der Waals surface area (Å²) in [7, 11) is 1.74. The number of carbonyl (C=O) groups excluding carboxylic acids is 1. The minimum Gasteiger partial charge on any atom is -0.366 e. The van der Waals surface area contributed by atoms with Gasteiger partial charge in [0, 0.05) is 18.7 Å². The van der Waals surface area contributed by atoms with Gasteiger partial charge in [-0.2, -0.15) is 5.48 Å². The monoisotopic (exact) mass is 382 g/mol. The largest absolute Gasteiger partial charge is 0.366 e. The predicted molar refractivity (Wildman–Crippen MR) is 96.0 cm³/mol. The van der Waals surface area contributed by atoms with E-state index in [-0.39, 0.29) is 23.4 Å². The second-order valence-electron chi connectivity index (χ2n) is 5.83. The molecule has 0 saturated heterocycles. The zero-order valence-electron chi connectivity index (χ0n) is 15.0. The molecule has 0 aromatic heterocycles. The number of primary amides is 1. The lowest BCUT2D eigenvalue weighted by Crippen LogP contribution is -2.23. The van der Waals surface area contributed by atoms with Gasteiger partial charge in [-0.1, -0.05) is 6.07 Å². The Labute approximate surface area is 154 Å². The second kappa shape index (κ2) is 9.36. The van der Waals surface area contributed by atoms with Crippen LogP contribution >= 0.6 is 0 Å². The molecule has 1 amide bonds. The van der Waals surface area contributed by atoms with E-state index in [1.54, 1.807) is 20.0 Å². The van der Waals surface area contributed by atoms with Gasteiger partial charge in [-0.15, -0.1) is 0 Å². The molecule has 0 radical (unpaired) electrons. The lowest BCUT2D eigenvalue weighted by molar-refractivity contribution is 0.0387. The van der Waals surface area contributed by atoms with Crippen molar-refractivity contribution in [3.63, 3.8) is 0 Å². The lowest BCUT2D eigenvalue weighted by Gasteiger charge is -2.15. The highest BCUT2D eigenvalue weighted by Gasteiger charge is 2.22. The number of rotatable bonds is 9. The van der Waals surface area contributed by atoms with Crippen molar-refractivity contribution in [1.29, 1.82) is 0 Å². The Morgan fingerprint density at radius 1 is 1.19 bits per heavy atom. The molecule has 2 aromatic rings. The number of anilines is 2. The molecular formula is C18H21F3N4O2. The van der Waals surface area contributed by atoms with Crippen LogP contribution in [-0.4, -0.2) is 26.1 Å². The van der Waals surface area contributed by atoms with Gasteiger partial charge in [-0.3, -0.25) is 4.79 Å². The summed E-state index contributed by atoms with van der Waals surface area (Å²) in [4.78, 5) is 16.8. The van der Waals surface area contributed by atoms with Gasteiger partial charge in [0.15, 0.2) is 11.6 Å². The summed E-state index contributed by atoms with van der Waals surface area (Å²) in [5.41, 5.74) is 7.33. The maximum atomic E-state index is 14.6. The third kappa shape index (κ3) is 5.19. The Balaban J connectivity index is 2.31. The Bertz CT molecular complexity index is 831. The molecule has 6 nitrogen and oxygen atoms in total. The summed E-state index contributed by atoms with van der Waals surface area (Å²) in [5, 5.41) is 5.27. The molecule has 0 aliphatic heterocycles. The van der Waals surface area contributed by atoms with Gasteiger partial charge in [0.1, 0.15) is 5.82 Å². The Morgan fingerprint density at radius 2 is 1.93 bits per heavy atom. The number of hydrogen-bond acceptors (Lipinski definition) is 5. The lowest BCUT2D eigenvalue weighted by atomic mass is 10.1. The molecule has 27 heavy (non-hydrogen) atoms. The average Bonchev–Trinajstić information content (AvgIpc) is 2.62. The zero-order chi connectivity index (χ0) is 20.0. The highest BCUT2D eigenvalue weighted by atomic mass is 19.2. The molecule has 0 atom stereocenters. The molecule has 146 valence electrons. The van der Waals surface area contributed by atoms with E-state index in [1.165, 1.54) is 12.1 Å². The fourth-order valence-corrected chi connectivity index (χ4v) is 2.33. The van der Waals surface area contributed by atoms with Crippen LogP contribution in [0.2, 0.25) is 0 Å². The molecule has 0 aliphatic rings. The number of amides is 1. The molecule has 0 bridgehead atoms. The van der Waals surface area contributed by atoms with Gasteiger partial charge < -0.3 is 21.2 Å². The molecule has 0 fully saturated rings. The first-order chi connectivity index (χ1) is 12.8.